The van der Waals surface area contributed by atoms with E-state index in [1.54, 1.807) is 41.7 Å². The van der Waals surface area contributed by atoms with Crippen LogP contribution in [-0.4, -0.2) is 16.8 Å². The normalized spacial score (nSPS) is 10.7. The Hall–Kier alpha value is -3.45. The maximum Gasteiger partial charge on any atom is 0.248 e. The number of thiazole rings is 1. The summed E-state index contributed by atoms with van der Waals surface area (Å²) < 4.78 is 5.77. The van der Waals surface area contributed by atoms with E-state index in [0.29, 0.717) is 23.7 Å². The third-order valence-corrected chi connectivity index (χ3v) is 4.61. The zero-order valence-electron chi connectivity index (χ0n) is 16.1. The molecule has 0 fully saturated rings. The Morgan fingerprint density at radius 3 is 2.59 bits per heavy atom. The molecule has 1 heterocycles. The monoisotopic (exact) mass is 407 g/mol. The number of aryl methyl sites for hydroxylation is 1. The number of carbonyl (C=O) groups is 2. The summed E-state index contributed by atoms with van der Waals surface area (Å²) in [6, 6.07) is 14.5. The number of nitrogens with one attached hydrogen (secondary N) is 2. The molecule has 148 valence electrons. The predicted octanol–water partition coefficient (Wildman–Crippen LogP) is 4.64. The number of carbonyl (C=O) groups excluding carboxylic acids is 2. The lowest BCUT2D eigenvalue weighted by Gasteiger charge is -2.06. The highest BCUT2D eigenvalue weighted by atomic mass is 32.1. The van der Waals surface area contributed by atoms with Gasteiger partial charge in [-0.15, -0.1) is 11.3 Å². The summed E-state index contributed by atoms with van der Waals surface area (Å²) in [7, 11) is 0. The first-order valence-corrected chi connectivity index (χ1v) is 9.86. The van der Waals surface area contributed by atoms with Crippen molar-refractivity contribution in [3.05, 3.63) is 76.3 Å². The molecular weight excluding hydrogens is 386 g/mol. The summed E-state index contributed by atoms with van der Waals surface area (Å²) in [5.41, 5.74) is 2.97. The van der Waals surface area contributed by atoms with Crippen LogP contribution in [0.25, 0.3) is 6.08 Å². The number of aromatic nitrogens is 1. The third-order valence-electron chi connectivity index (χ3n) is 3.79. The van der Waals surface area contributed by atoms with Gasteiger partial charge in [0.15, 0.2) is 0 Å². The number of nitrogens with zero attached hydrogens (tertiary/aromatic N) is 1. The van der Waals surface area contributed by atoms with Crippen LogP contribution in [-0.2, 0) is 16.2 Å². The number of rotatable bonds is 7. The zero-order chi connectivity index (χ0) is 20.6. The molecule has 0 spiro atoms. The number of amides is 2. The molecule has 2 N–H and O–H groups in total. The Kier molecular flexibility index (Phi) is 6.76. The van der Waals surface area contributed by atoms with Crippen LogP contribution in [0.15, 0.2) is 60.0 Å². The molecule has 0 saturated carbocycles. The molecule has 0 aliphatic heterocycles. The molecule has 0 atom stereocenters. The van der Waals surface area contributed by atoms with Crippen LogP contribution in [0.5, 0.6) is 5.75 Å². The Bertz CT molecular complexity index is 1040. The standard InChI is InChI=1S/C22H21N3O3S/c1-15(26)23-18-6-4-7-19(12-18)25-22(27)10-9-17-5-3-8-21(11-17)28-13-20-14-29-16(2)24-20/h3-12,14H,13H2,1-2H3,(H,23,26)(H,25,27)/b10-9+. The molecule has 2 amide bonds. The van der Waals surface area contributed by atoms with E-state index in [1.807, 2.05) is 36.6 Å². The lowest BCUT2D eigenvalue weighted by Crippen LogP contribution is -2.09. The van der Waals surface area contributed by atoms with Crippen LogP contribution in [0.3, 0.4) is 0 Å². The fourth-order valence-corrected chi connectivity index (χ4v) is 3.17. The predicted molar refractivity (Wildman–Crippen MR) is 116 cm³/mol. The van der Waals surface area contributed by atoms with E-state index in [-0.39, 0.29) is 11.8 Å². The fraction of sp³-hybridized carbons (Fsp3) is 0.136. The highest BCUT2D eigenvalue weighted by Gasteiger charge is 2.03. The van der Waals surface area contributed by atoms with Crippen molar-refractivity contribution >= 4 is 40.6 Å². The van der Waals surface area contributed by atoms with Crippen LogP contribution >= 0.6 is 11.3 Å². The highest BCUT2D eigenvalue weighted by molar-refractivity contribution is 7.09. The van der Waals surface area contributed by atoms with E-state index in [4.69, 9.17) is 4.74 Å². The third kappa shape index (κ3) is 6.58. The SMILES string of the molecule is CC(=O)Nc1cccc(NC(=O)/C=C/c2cccc(OCc3csc(C)n3)c2)c1. The Labute approximate surface area is 173 Å². The summed E-state index contributed by atoms with van der Waals surface area (Å²) >= 11 is 1.59. The molecule has 2 aromatic carbocycles. The largest absolute Gasteiger partial charge is 0.487 e. The lowest BCUT2D eigenvalue weighted by atomic mass is 10.2. The number of hydrogen-bond acceptors (Lipinski definition) is 5. The van der Waals surface area contributed by atoms with Crippen molar-refractivity contribution in [2.75, 3.05) is 10.6 Å². The van der Waals surface area contributed by atoms with Gasteiger partial charge < -0.3 is 15.4 Å². The fourth-order valence-electron chi connectivity index (χ4n) is 2.57. The van der Waals surface area contributed by atoms with E-state index in [0.717, 1.165) is 16.3 Å². The molecule has 3 aromatic rings. The van der Waals surface area contributed by atoms with Gasteiger partial charge in [0, 0.05) is 29.8 Å². The van der Waals surface area contributed by atoms with Gasteiger partial charge in [0.05, 0.1) is 10.7 Å². The first-order chi connectivity index (χ1) is 14.0. The molecule has 0 bridgehead atoms. The summed E-state index contributed by atoms with van der Waals surface area (Å²) in [6.45, 7) is 3.80. The Balaban J connectivity index is 1.57. The number of anilines is 2. The highest BCUT2D eigenvalue weighted by Crippen LogP contribution is 2.18. The van der Waals surface area contributed by atoms with Crippen molar-refractivity contribution in [2.45, 2.75) is 20.5 Å². The van der Waals surface area contributed by atoms with Gasteiger partial charge in [-0.3, -0.25) is 9.59 Å². The Morgan fingerprint density at radius 1 is 1.10 bits per heavy atom. The average Bonchev–Trinajstić information content (AvgIpc) is 3.10. The average molecular weight is 407 g/mol. The lowest BCUT2D eigenvalue weighted by molar-refractivity contribution is -0.114. The van der Waals surface area contributed by atoms with E-state index < -0.39 is 0 Å². The minimum atomic E-state index is -0.269. The molecule has 3 rings (SSSR count). The molecule has 0 aliphatic carbocycles. The summed E-state index contributed by atoms with van der Waals surface area (Å²) in [5, 5.41) is 8.44. The van der Waals surface area contributed by atoms with Gasteiger partial charge in [-0.05, 0) is 48.9 Å². The van der Waals surface area contributed by atoms with E-state index in [2.05, 4.69) is 15.6 Å². The van der Waals surface area contributed by atoms with Gasteiger partial charge in [-0.2, -0.15) is 0 Å². The second-order valence-electron chi connectivity index (χ2n) is 6.30. The van der Waals surface area contributed by atoms with Crippen LogP contribution in [0.4, 0.5) is 11.4 Å². The zero-order valence-corrected chi connectivity index (χ0v) is 17.0. The van der Waals surface area contributed by atoms with Gasteiger partial charge in [0.25, 0.3) is 0 Å². The van der Waals surface area contributed by atoms with Crippen molar-refractivity contribution < 1.29 is 14.3 Å². The number of benzene rings is 2. The van der Waals surface area contributed by atoms with Crippen LogP contribution in [0.2, 0.25) is 0 Å². The molecule has 1 aromatic heterocycles. The summed E-state index contributed by atoms with van der Waals surface area (Å²) in [5.74, 6) is 0.274. The molecule has 29 heavy (non-hydrogen) atoms. The van der Waals surface area contributed by atoms with Gasteiger partial charge in [0.2, 0.25) is 11.8 Å². The second-order valence-corrected chi connectivity index (χ2v) is 7.37. The van der Waals surface area contributed by atoms with Gasteiger partial charge in [0.1, 0.15) is 12.4 Å². The van der Waals surface area contributed by atoms with Crippen molar-refractivity contribution in [3.8, 4) is 5.75 Å². The summed E-state index contributed by atoms with van der Waals surface area (Å²) in [6.07, 6.45) is 3.17. The quantitative estimate of drug-likeness (QED) is 0.559. The maximum atomic E-state index is 12.2. The van der Waals surface area contributed by atoms with Gasteiger partial charge >= 0.3 is 0 Å². The molecular formula is C22H21N3O3S. The number of hydrogen-bond donors (Lipinski definition) is 2. The smallest absolute Gasteiger partial charge is 0.248 e. The van der Waals surface area contributed by atoms with Gasteiger partial charge in [-0.1, -0.05) is 18.2 Å². The maximum absolute atomic E-state index is 12.2. The first-order valence-electron chi connectivity index (χ1n) is 8.98. The Morgan fingerprint density at radius 2 is 1.86 bits per heavy atom. The minimum absolute atomic E-state index is 0.166. The van der Waals surface area contributed by atoms with Crippen molar-refractivity contribution in [1.29, 1.82) is 0 Å². The van der Waals surface area contributed by atoms with Crippen LogP contribution in [0, 0.1) is 6.92 Å². The van der Waals surface area contributed by atoms with Crippen LogP contribution < -0.4 is 15.4 Å². The first kappa shape index (κ1) is 20.3. The molecule has 0 unspecified atom stereocenters. The van der Waals surface area contributed by atoms with E-state index >= 15 is 0 Å². The number of ether oxygens (including phenoxy) is 1. The van der Waals surface area contributed by atoms with Crippen molar-refractivity contribution in [3.63, 3.8) is 0 Å². The van der Waals surface area contributed by atoms with E-state index in [1.165, 1.54) is 13.0 Å². The van der Waals surface area contributed by atoms with E-state index in [9.17, 15) is 9.59 Å². The van der Waals surface area contributed by atoms with Gasteiger partial charge in [-0.25, -0.2) is 4.98 Å². The van der Waals surface area contributed by atoms with Crippen molar-refractivity contribution in [1.82, 2.24) is 4.98 Å². The molecule has 0 saturated heterocycles. The molecule has 0 aliphatic rings. The van der Waals surface area contributed by atoms with Crippen molar-refractivity contribution in [2.24, 2.45) is 0 Å². The molecule has 0 radical (unpaired) electrons. The summed E-state index contributed by atoms with van der Waals surface area (Å²) in [4.78, 5) is 27.7. The topological polar surface area (TPSA) is 80.3 Å². The minimum Gasteiger partial charge on any atom is -0.487 e. The second kappa shape index (κ2) is 9.66. The molecule has 7 heteroatoms. The molecule has 6 nitrogen and oxygen atoms in total. The van der Waals surface area contributed by atoms with Crippen LogP contribution in [0.1, 0.15) is 23.2 Å².